The molecule has 0 aliphatic carbocycles. The minimum Gasteiger partial charge on any atom is -0.366 e. The molecule has 0 bridgehead atoms. The molecule has 1 aromatic heterocycles. The van der Waals surface area contributed by atoms with Crippen molar-refractivity contribution in [2.45, 2.75) is 19.1 Å². The first-order valence-corrected chi connectivity index (χ1v) is 5.81. The molecule has 2 unspecified atom stereocenters. The van der Waals surface area contributed by atoms with E-state index < -0.39 is 6.10 Å². The second kappa shape index (κ2) is 5.75. The van der Waals surface area contributed by atoms with E-state index in [9.17, 15) is 4.79 Å². The molecular formula is C12H17N3O2. The summed E-state index contributed by atoms with van der Waals surface area (Å²) in [4.78, 5) is 16.1. The highest BCUT2D eigenvalue weighted by Gasteiger charge is 2.23. The Labute approximate surface area is 101 Å². The van der Waals surface area contributed by atoms with Gasteiger partial charge < -0.3 is 15.4 Å². The van der Waals surface area contributed by atoms with Gasteiger partial charge in [0.1, 0.15) is 6.10 Å². The van der Waals surface area contributed by atoms with Crippen molar-refractivity contribution >= 4 is 5.91 Å². The highest BCUT2D eigenvalue weighted by Crippen LogP contribution is 2.08. The maximum absolute atomic E-state index is 11.9. The van der Waals surface area contributed by atoms with E-state index in [4.69, 9.17) is 4.74 Å². The predicted molar refractivity (Wildman–Crippen MR) is 63.4 cm³/mol. The summed E-state index contributed by atoms with van der Waals surface area (Å²) >= 11 is 0. The summed E-state index contributed by atoms with van der Waals surface area (Å²) in [6.45, 7) is 3.87. The Balaban J connectivity index is 1.89. The number of ether oxygens (including phenoxy) is 1. The SMILES string of the molecule is CC(NC(=O)C1CNCCO1)c1ccccn1. The van der Waals surface area contributed by atoms with Gasteiger partial charge in [0.05, 0.1) is 18.3 Å². The van der Waals surface area contributed by atoms with Gasteiger partial charge in [0.15, 0.2) is 0 Å². The van der Waals surface area contributed by atoms with E-state index in [0.29, 0.717) is 13.2 Å². The van der Waals surface area contributed by atoms with Gasteiger partial charge in [0, 0.05) is 19.3 Å². The third-order valence-electron chi connectivity index (χ3n) is 2.71. The average Bonchev–Trinajstić information content (AvgIpc) is 2.40. The Hall–Kier alpha value is -1.46. The average molecular weight is 235 g/mol. The molecule has 1 fully saturated rings. The van der Waals surface area contributed by atoms with Crippen molar-refractivity contribution in [3.63, 3.8) is 0 Å². The number of nitrogens with zero attached hydrogens (tertiary/aromatic N) is 1. The second-order valence-corrected chi connectivity index (χ2v) is 4.05. The largest absolute Gasteiger partial charge is 0.366 e. The fraction of sp³-hybridized carbons (Fsp3) is 0.500. The fourth-order valence-corrected chi connectivity index (χ4v) is 1.75. The highest BCUT2D eigenvalue weighted by atomic mass is 16.5. The maximum atomic E-state index is 11.9. The zero-order valence-corrected chi connectivity index (χ0v) is 9.85. The first-order chi connectivity index (χ1) is 8.27. The number of carbonyl (C=O) groups is 1. The number of nitrogens with one attached hydrogen (secondary N) is 2. The Kier molecular flexibility index (Phi) is 4.06. The van der Waals surface area contributed by atoms with Crippen molar-refractivity contribution in [3.8, 4) is 0 Å². The molecule has 0 aromatic carbocycles. The van der Waals surface area contributed by atoms with E-state index in [1.165, 1.54) is 0 Å². The van der Waals surface area contributed by atoms with Crippen LogP contribution in [0.15, 0.2) is 24.4 Å². The van der Waals surface area contributed by atoms with Crippen LogP contribution in [0.5, 0.6) is 0 Å². The summed E-state index contributed by atoms with van der Waals surface area (Å²) in [6, 6.07) is 5.55. The highest BCUT2D eigenvalue weighted by molar-refractivity contribution is 5.81. The van der Waals surface area contributed by atoms with Gasteiger partial charge in [-0.2, -0.15) is 0 Å². The van der Waals surface area contributed by atoms with Crippen LogP contribution in [0.25, 0.3) is 0 Å². The van der Waals surface area contributed by atoms with Gasteiger partial charge in [-0.15, -0.1) is 0 Å². The van der Waals surface area contributed by atoms with Crippen molar-refractivity contribution < 1.29 is 9.53 Å². The minimum absolute atomic E-state index is 0.0876. The number of rotatable bonds is 3. The summed E-state index contributed by atoms with van der Waals surface area (Å²) < 4.78 is 5.38. The van der Waals surface area contributed by atoms with E-state index in [1.807, 2.05) is 25.1 Å². The molecule has 5 heteroatoms. The number of amides is 1. The van der Waals surface area contributed by atoms with Gasteiger partial charge >= 0.3 is 0 Å². The molecule has 2 N–H and O–H groups in total. The predicted octanol–water partition coefficient (Wildman–Crippen LogP) is 0.247. The number of aromatic nitrogens is 1. The lowest BCUT2D eigenvalue weighted by atomic mass is 10.2. The molecule has 2 heterocycles. The van der Waals surface area contributed by atoms with E-state index in [0.717, 1.165) is 12.2 Å². The quantitative estimate of drug-likeness (QED) is 0.788. The van der Waals surface area contributed by atoms with Crippen LogP contribution in [0.2, 0.25) is 0 Å². The summed E-state index contributed by atoms with van der Waals surface area (Å²) in [7, 11) is 0. The van der Waals surface area contributed by atoms with Gasteiger partial charge in [-0.05, 0) is 19.1 Å². The van der Waals surface area contributed by atoms with Crippen molar-refractivity contribution in [3.05, 3.63) is 30.1 Å². The topological polar surface area (TPSA) is 63.2 Å². The van der Waals surface area contributed by atoms with Crippen LogP contribution in [-0.4, -0.2) is 36.7 Å². The van der Waals surface area contributed by atoms with Crippen molar-refractivity contribution in [1.82, 2.24) is 15.6 Å². The Bertz CT molecular complexity index is 363. The zero-order chi connectivity index (χ0) is 12.1. The molecule has 0 saturated carbocycles. The molecule has 1 amide bonds. The molecule has 2 rings (SSSR count). The van der Waals surface area contributed by atoms with Gasteiger partial charge in [-0.25, -0.2) is 0 Å². The number of carbonyl (C=O) groups excluding carboxylic acids is 1. The van der Waals surface area contributed by atoms with Crippen LogP contribution in [0, 0.1) is 0 Å². The lowest BCUT2D eigenvalue weighted by Crippen LogP contribution is -2.48. The summed E-state index contributed by atoms with van der Waals surface area (Å²) in [5.41, 5.74) is 0.851. The first-order valence-electron chi connectivity index (χ1n) is 5.81. The van der Waals surface area contributed by atoms with Crippen LogP contribution in [-0.2, 0) is 9.53 Å². The lowest BCUT2D eigenvalue weighted by Gasteiger charge is -2.24. The van der Waals surface area contributed by atoms with Crippen LogP contribution in [0.3, 0.4) is 0 Å². The number of morpholine rings is 1. The maximum Gasteiger partial charge on any atom is 0.250 e. The summed E-state index contributed by atoms with van der Waals surface area (Å²) in [5.74, 6) is -0.0876. The Morgan fingerprint density at radius 3 is 3.18 bits per heavy atom. The van der Waals surface area contributed by atoms with Crippen LogP contribution in [0.4, 0.5) is 0 Å². The Morgan fingerprint density at radius 1 is 1.65 bits per heavy atom. The molecule has 1 aliphatic heterocycles. The van der Waals surface area contributed by atoms with E-state index in [-0.39, 0.29) is 11.9 Å². The standard InChI is InChI=1S/C12H17N3O2/c1-9(10-4-2-3-5-14-10)15-12(16)11-8-13-6-7-17-11/h2-5,9,11,13H,6-8H2,1H3,(H,15,16). The van der Waals surface area contributed by atoms with Gasteiger partial charge in [-0.1, -0.05) is 6.07 Å². The molecule has 1 aliphatic rings. The van der Waals surface area contributed by atoms with Crippen molar-refractivity contribution in [1.29, 1.82) is 0 Å². The van der Waals surface area contributed by atoms with Gasteiger partial charge in [0.2, 0.25) is 0 Å². The molecule has 2 atom stereocenters. The zero-order valence-electron chi connectivity index (χ0n) is 9.85. The second-order valence-electron chi connectivity index (χ2n) is 4.05. The molecular weight excluding hydrogens is 218 g/mol. The van der Waals surface area contributed by atoms with Crippen molar-refractivity contribution in [2.75, 3.05) is 19.7 Å². The molecule has 1 saturated heterocycles. The monoisotopic (exact) mass is 235 g/mol. The fourth-order valence-electron chi connectivity index (χ4n) is 1.75. The van der Waals surface area contributed by atoms with E-state index in [1.54, 1.807) is 6.20 Å². The Morgan fingerprint density at radius 2 is 2.53 bits per heavy atom. The van der Waals surface area contributed by atoms with Crippen LogP contribution < -0.4 is 10.6 Å². The third-order valence-corrected chi connectivity index (χ3v) is 2.71. The first kappa shape index (κ1) is 12.0. The molecule has 5 nitrogen and oxygen atoms in total. The smallest absolute Gasteiger partial charge is 0.250 e. The molecule has 0 radical (unpaired) electrons. The molecule has 17 heavy (non-hydrogen) atoms. The van der Waals surface area contributed by atoms with Crippen LogP contribution in [0.1, 0.15) is 18.7 Å². The molecule has 92 valence electrons. The summed E-state index contributed by atoms with van der Waals surface area (Å²) in [5, 5.41) is 6.03. The number of hydrogen-bond donors (Lipinski definition) is 2. The summed E-state index contributed by atoms with van der Waals surface area (Å²) in [6.07, 6.45) is 1.33. The minimum atomic E-state index is -0.394. The van der Waals surface area contributed by atoms with Gasteiger partial charge in [0.25, 0.3) is 5.91 Å². The van der Waals surface area contributed by atoms with E-state index >= 15 is 0 Å². The third kappa shape index (κ3) is 3.25. The lowest BCUT2D eigenvalue weighted by molar-refractivity contribution is -0.134. The van der Waals surface area contributed by atoms with E-state index in [2.05, 4.69) is 15.6 Å². The number of hydrogen-bond acceptors (Lipinski definition) is 4. The normalized spacial score (nSPS) is 21.8. The van der Waals surface area contributed by atoms with Gasteiger partial charge in [-0.3, -0.25) is 9.78 Å². The number of pyridine rings is 1. The van der Waals surface area contributed by atoms with Crippen LogP contribution >= 0.6 is 0 Å². The molecule has 1 aromatic rings. The molecule has 0 spiro atoms. The van der Waals surface area contributed by atoms with Crippen molar-refractivity contribution in [2.24, 2.45) is 0 Å².